The number of likely N-dealkylation sites (tertiary alicyclic amines) is 1. The van der Waals surface area contributed by atoms with Gasteiger partial charge in [0.1, 0.15) is 5.60 Å². The molecule has 0 radical (unpaired) electrons. The van der Waals surface area contributed by atoms with Crippen LogP contribution >= 0.6 is 0 Å². The molecular formula is C20H37N5O2. The van der Waals surface area contributed by atoms with Gasteiger partial charge in [0, 0.05) is 45.8 Å². The summed E-state index contributed by atoms with van der Waals surface area (Å²) in [6.07, 6.45) is 5.27. The maximum Gasteiger partial charge on any atom is 0.407 e. The van der Waals surface area contributed by atoms with Gasteiger partial charge in [-0.1, -0.05) is 26.0 Å². The van der Waals surface area contributed by atoms with Crippen LogP contribution in [0.4, 0.5) is 4.79 Å². The van der Waals surface area contributed by atoms with Gasteiger partial charge in [-0.3, -0.25) is 9.89 Å². The third-order valence-electron chi connectivity index (χ3n) is 5.02. The van der Waals surface area contributed by atoms with Crippen molar-refractivity contribution in [3.8, 4) is 0 Å². The summed E-state index contributed by atoms with van der Waals surface area (Å²) >= 11 is 0. The molecule has 2 aliphatic heterocycles. The molecule has 0 spiro atoms. The number of ether oxygens (including phenoxy) is 1. The maximum absolute atomic E-state index is 12.1. The normalized spacial score (nSPS) is 22.4. The second kappa shape index (κ2) is 9.44. The Labute approximate surface area is 164 Å². The number of hydrogen-bond donors (Lipinski definition) is 2. The van der Waals surface area contributed by atoms with Crippen molar-refractivity contribution >= 4 is 12.1 Å². The Morgan fingerprint density at radius 2 is 1.96 bits per heavy atom. The molecular weight excluding hydrogens is 342 g/mol. The molecule has 7 nitrogen and oxygen atoms in total. The third-order valence-corrected chi connectivity index (χ3v) is 5.02. The van der Waals surface area contributed by atoms with Gasteiger partial charge in [-0.25, -0.2) is 4.79 Å². The minimum absolute atomic E-state index is 0.0298. The van der Waals surface area contributed by atoms with Gasteiger partial charge >= 0.3 is 6.09 Å². The number of guanidine groups is 1. The molecule has 0 aromatic heterocycles. The van der Waals surface area contributed by atoms with Crippen molar-refractivity contribution in [3.05, 3.63) is 12.2 Å². The average Bonchev–Trinajstić information content (AvgIpc) is 3.23. The molecule has 2 unspecified atom stereocenters. The molecule has 0 saturated carbocycles. The first-order valence-corrected chi connectivity index (χ1v) is 10.0. The van der Waals surface area contributed by atoms with Crippen LogP contribution in [0, 0.1) is 5.92 Å². The molecule has 0 bridgehead atoms. The second-order valence-corrected chi connectivity index (χ2v) is 8.74. The lowest BCUT2D eigenvalue weighted by molar-refractivity contribution is 0.0491. The molecule has 2 aliphatic rings. The Balaban J connectivity index is 1.84. The Morgan fingerprint density at radius 1 is 1.30 bits per heavy atom. The van der Waals surface area contributed by atoms with Crippen molar-refractivity contribution in [3.63, 3.8) is 0 Å². The summed E-state index contributed by atoms with van der Waals surface area (Å²) < 4.78 is 5.39. The summed E-state index contributed by atoms with van der Waals surface area (Å²) in [6, 6.07) is 0.553. The van der Waals surface area contributed by atoms with Crippen molar-refractivity contribution in [2.45, 2.75) is 58.7 Å². The summed E-state index contributed by atoms with van der Waals surface area (Å²) in [5, 5.41) is 6.43. The molecule has 7 heteroatoms. The van der Waals surface area contributed by atoms with Crippen LogP contribution < -0.4 is 10.6 Å². The first-order valence-electron chi connectivity index (χ1n) is 10.0. The topological polar surface area (TPSA) is 69.2 Å². The smallest absolute Gasteiger partial charge is 0.407 e. The van der Waals surface area contributed by atoms with Crippen LogP contribution in [-0.4, -0.2) is 79.3 Å². The second-order valence-electron chi connectivity index (χ2n) is 8.74. The monoisotopic (exact) mass is 379 g/mol. The standard InChI is InChI=1S/C20H37N5O2/c1-15(2)17(23-19(26)27-20(3,4)5)13-22-18(21-6)25-12-9-16(14-25)24-10-7-8-11-24/h7-8,15-17H,9-14H2,1-6H3,(H,21,22)(H,23,26). The SMILES string of the molecule is CN=C(NCC(NC(=O)OC(C)(C)C)C(C)C)N1CCC(N2CC=CC2)C1. The van der Waals surface area contributed by atoms with Crippen LogP contribution in [0.5, 0.6) is 0 Å². The van der Waals surface area contributed by atoms with E-state index in [-0.39, 0.29) is 18.1 Å². The summed E-state index contributed by atoms with van der Waals surface area (Å²) in [4.78, 5) is 21.4. The van der Waals surface area contributed by atoms with Gasteiger partial charge in [0.05, 0.1) is 6.04 Å². The number of nitrogens with zero attached hydrogens (tertiary/aromatic N) is 3. The highest BCUT2D eigenvalue weighted by atomic mass is 16.6. The van der Waals surface area contributed by atoms with E-state index in [2.05, 4.69) is 51.4 Å². The molecule has 2 atom stereocenters. The number of rotatable bonds is 5. The van der Waals surface area contributed by atoms with E-state index in [9.17, 15) is 4.79 Å². The minimum atomic E-state index is -0.496. The number of amides is 1. The van der Waals surface area contributed by atoms with Crippen molar-refractivity contribution < 1.29 is 9.53 Å². The van der Waals surface area contributed by atoms with E-state index >= 15 is 0 Å². The van der Waals surface area contributed by atoms with E-state index in [0.717, 1.165) is 38.6 Å². The van der Waals surface area contributed by atoms with Gasteiger partial charge in [0.25, 0.3) is 0 Å². The lowest BCUT2D eigenvalue weighted by atomic mass is 10.0. The fraction of sp³-hybridized carbons (Fsp3) is 0.800. The van der Waals surface area contributed by atoms with E-state index in [1.165, 1.54) is 0 Å². The Kier molecular flexibility index (Phi) is 7.53. The molecule has 1 saturated heterocycles. The molecule has 27 heavy (non-hydrogen) atoms. The van der Waals surface area contributed by atoms with E-state index in [4.69, 9.17) is 4.74 Å². The molecule has 1 amide bonds. The molecule has 2 N–H and O–H groups in total. The van der Waals surface area contributed by atoms with Crippen molar-refractivity contribution in [1.82, 2.24) is 20.4 Å². The quantitative estimate of drug-likeness (QED) is 0.435. The zero-order valence-corrected chi connectivity index (χ0v) is 17.8. The molecule has 0 aromatic rings. The summed E-state index contributed by atoms with van der Waals surface area (Å²) in [6.45, 7) is 14.5. The predicted molar refractivity (Wildman–Crippen MR) is 110 cm³/mol. The number of carbonyl (C=O) groups excluding carboxylic acids is 1. The fourth-order valence-corrected chi connectivity index (χ4v) is 3.47. The van der Waals surface area contributed by atoms with Crippen molar-refractivity contribution in [2.75, 3.05) is 39.8 Å². The fourth-order valence-electron chi connectivity index (χ4n) is 3.47. The first kappa shape index (κ1) is 21.5. The largest absolute Gasteiger partial charge is 0.444 e. The van der Waals surface area contributed by atoms with Crippen LogP contribution in [0.1, 0.15) is 41.0 Å². The van der Waals surface area contributed by atoms with Crippen LogP contribution in [-0.2, 0) is 4.74 Å². The van der Waals surface area contributed by atoms with Crippen LogP contribution in [0.2, 0.25) is 0 Å². The highest BCUT2D eigenvalue weighted by Gasteiger charge is 2.30. The zero-order chi connectivity index (χ0) is 20.0. The molecule has 0 aromatic carbocycles. The first-order chi connectivity index (χ1) is 12.7. The van der Waals surface area contributed by atoms with E-state index < -0.39 is 5.60 Å². The minimum Gasteiger partial charge on any atom is -0.444 e. The number of aliphatic imine (C=N–C) groups is 1. The molecule has 0 aliphatic carbocycles. The number of hydrogen-bond acceptors (Lipinski definition) is 4. The van der Waals surface area contributed by atoms with Gasteiger partial charge in [0.15, 0.2) is 5.96 Å². The summed E-state index contributed by atoms with van der Waals surface area (Å²) in [5.41, 5.74) is -0.496. The number of nitrogens with one attached hydrogen (secondary N) is 2. The molecule has 1 fully saturated rings. The molecule has 2 heterocycles. The van der Waals surface area contributed by atoms with Crippen LogP contribution in [0.25, 0.3) is 0 Å². The Morgan fingerprint density at radius 3 is 2.52 bits per heavy atom. The summed E-state index contributed by atoms with van der Waals surface area (Å²) in [5.74, 6) is 1.19. The predicted octanol–water partition coefficient (Wildman–Crippen LogP) is 2.06. The lowest BCUT2D eigenvalue weighted by Crippen LogP contribution is -2.51. The molecule has 2 rings (SSSR count). The maximum atomic E-state index is 12.1. The van der Waals surface area contributed by atoms with Gasteiger partial charge < -0.3 is 20.3 Å². The van der Waals surface area contributed by atoms with Gasteiger partial charge in [-0.15, -0.1) is 0 Å². The van der Waals surface area contributed by atoms with Gasteiger partial charge in [-0.05, 0) is 33.1 Å². The Bertz CT molecular complexity index is 545. The highest BCUT2D eigenvalue weighted by molar-refractivity contribution is 5.80. The van der Waals surface area contributed by atoms with E-state index in [1.807, 2.05) is 27.8 Å². The molecule has 154 valence electrons. The van der Waals surface area contributed by atoms with Crippen LogP contribution in [0.15, 0.2) is 17.1 Å². The zero-order valence-electron chi connectivity index (χ0n) is 17.8. The third kappa shape index (κ3) is 6.72. The average molecular weight is 380 g/mol. The van der Waals surface area contributed by atoms with Crippen molar-refractivity contribution in [1.29, 1.82) is 0 Å². The van der Waals surface area contributed by atoms with Gasteiger partial charge in [-0.2, -0.15) is 0 Å². The van der Waals surface area contributed by atoms with Gasteiger partial charge in [0.2, 0.25) is 0 Å². The lowest BCUT2D eigenvalue weighted by Gasteiger charge is -2.29. The van der Waals surface area contributed by atoms with Crippen LogP contribution in [0.3, 0.4) is 0 Å². The highest BCUT2D eigenvalue weighted by Crippen LogP contribution is 2.18. The number of carbonyl (C=O) groups is 1. The van der Waals surface area contributed by atoms with Crippen molar-refractivity contribution in [2.24, 2.45) is 10.9 Å². The number of alkyl carbamates (subject to hydrolysis) is 1. The van der Waals surface area contributed by atoms with E-state index in [0.29, 0.717) is 12.6 Å². The Hall–Kier alpha value is -1.76. The summed E-state index contributed by atoms with van der Waals surface area (Å²) in [7, 11) is 1.82. The van der Waals surface area contributed by atoms with E-state index in [1.54, 1.807) is 0 Å².